The van der Waals surface area contributed by atoms with Gasteiger partial charge >= 0.3 is 0 Å². The van der Waals surface area contributed by atoms with E-state index in [1.165, 1.54) is 17.9 Å². The van der Waals surface area contributed by atoms with Crippen molar-refractivity contribution in [2.45, 2.75) is 30.2 Å². The molecule has 1 aliphatic carbocycles. The highest BCUT2D eigenvalue weighted by Gasteiger charge is 2.28. The van der Waals surface area contributed by atoms with E-state index in [0.717, 1.165) is 24.5 Å². The van der Waals surface area contributed by atoms with E-state index in [2.05, 4.69) is 5.32 Å². The van der Waals surface area contributed by atoms with Crippen LogP contribution in [0.25, 0.3) is 5.57 Å². The molecule has 0 spiro atoms. The van der Waals surface area contributed by atoms with E-state index in [-0.39, 0.29) is 4.90 Å². The van der Waals surface area contributed by atoms with Gasteiger partial charge in [0.15, 0.2) is 0 Å². The molecule has 0 saturated heterocycles. The van der Waals surface area contributed by atoms with Crippen LogP contribution in [-0.4, -0.2) is 21.0 Å². The lowest BCUT2D eigenvalue weighted by molar-refractivity contribution is 0.353. The van der Waals surface area contributed by atoms with Gasteiger partial charge in [0.25, 0.3) is 0 Å². The normalized spacial score (nSPS) is 21.3. The Kier molecular flexibility index (Phi) is 2.75. The fourth-order valence-electron chi connectivity index (χ4n) is 2.31. The van der Waals surface area contributed by atoms with Crippen molar-refractivity contribution < 1.29 is 12.8 Å². The number of benzene rings is 1. The second-order valence-corrected chi connectivity index (χ2v) is 6.60. The third kappa shape index (κ3) is 1.97. The van der Waals surface area contributed by atoms with Crippen LogP contribution in [0.1, 0.15) is 24.8 Å². The highest BCUT2D eigenvalue weighted by atomic mass is 32.2. The molecule has 0 amide bonds. The molecular weight excluding hydrogens is 253 g/mol. The topological polar surface area (TPSA) is 46.2 Å². The van der Waals surface area contributed by atoms with Crippen molar-refractivity contribution in [2.75, 3.05) is 6.54 Å². The summed E-state index contributed by atoms with van der Waals surface area (Å²) in [5.41, 5.74) is 1.36. The SMILES string of the molecule is O=S1(=O)C=C(CNC2CCC2)c2ccc(F)cc21. The predicted molar refractivity (Wildman–Crippen MR) is 67.2 cm³/mol. The van der Waals surface area contributed by atoms with Crippen molar-refractivity contribution in [1.29, 1.82) is 0 Å². The number of hydrogen-bond acceptors (Lipinski definition) is 3. The standard InChI is InChI=1S/C13H14FNO2S/c14-10-4-5-12-9(7-15-11-2-1-3-11)8-18(16,17)13(12)6-10/h4-6,8,11,15H,1-3,7H2. The minimum Gasteiger partial charge on any atom is -0.310 e. The Hall–Kier alpha value is -1.20. The Morgan fingerprint density at radius 2 is 2.11 bits per heavy atom. The molecule has 1 saturated carbocycles. The molecule has 0 bridgehead atoms. The minimum absolute atomic E-state index is 0.0907. The molecule has 3 nitrogen and oxygen atoms in total. The van der Waals surface area contributed by atoms with Gasteiger partial charge in [0, 0.05) is 18.0 Å². The average Bonchev–Trinajstić information content (AvgIpc) is 2.48. The number of sulfone groups is 1. The van der Waals surface area contributed by atoms with Crippen LogP contribution in [0.2, 0.25) is 0 Å². The van der Waals surface area contributed by atoms with Gasteiger partial charge in [-0.15, -0.1) is 0 Å². The summed E-state index contributed by atoms with van der Waals surface area (Å²) < 4.78 is 36.9. The Labute approximate surface area is 106 Å². The first-order valence-corrected chi connectivity index (χ1v) is 7.60. The van der Waals surface area contributed by atoms with Crippen LogP contribution in [0.5, 0.6) is 0 Å². The Balaban J connectivity index is 1.88. The van der Waals surface area contributed by atoms with Gasteiger partial charge in [-0.1, -0.05) is 12.5 Å². The molecule has 0 radical (unpaired) electrons. The van der Waals surface area contributed by atoms with Gasteiger partial charge in [-0.05, 0) is 36.1 Å². The monoisotopic (exact) mass is 267 g/mol. The first kappa shape index (κ1) is 11.9. The molecule has 1 heterocycles. The van der Waals surface area contributed by atoms with Crippen molar-refractivity contribution in [3.05, 3.63) is 35.0 Å². The fourth-order valence-corrected chi connectivity index (χ4v) is 3.81. The molecule has 1 fully saturated rings. The minimum atomic E-state index is -3.46. The van der Waals surface area contributed by atoms with E-state index in [4.69, 9.17) is 0 Å². The molecule has 96 valence electrons. The molecule has 1 aromatic rings. The average molecular weight is 267 g/mol. The van der Waals surface area contributed by atoms with Gasteiger partial charge in [0.1, 0.15) is 5.82 Å². The highest BCUT2D eigenvalue weighted by molar-refractivity contribution is 7.95. The van der Waals surface area contributed by atoms with E-state index in [1.807, 2.05) is 0 Å². The second-order valence-electron chi connectivity index (χ2n) is 4.84. The lowest BCUT2D eigenvalue weighted by Gasteiger charge is -2.26. The number of halogens is 1. The van der Waals surface area contributed by atoms with Gasteiger partial charge in [-0.25, -0.2) is 12.8 Å². The molecule has 0 atom stereocenters. The van der Waals surface area contributed by atoms with Crippen molar-refractivity contribution >= 4 is 15.4 Å². The van der Waals surface area contributed by atoms with Crippen LogP contribution in [-0.2, 0) is 9.84 Å². The lowest BCUT2D eigenvalue weighted by atomic mass is 9.93. The summed E-state index contributed by atoms with van der Waals surface area (Å²) in [5.74, 6) is -0.515. The van der Waals surface area contributed by atoms with E-state index in [0.29, 0.717) is 18.2 Å². The van der Waals surface area contributed by atoms with Crippen molar-refractivity contribution in [2.24, 2.45) is 0 Å². The van der Waals surface area contributed by atoms with Crippen molar-refractivity contribution in [1.82, 2.24) is 5.32 Å². The molecule has 18 heavy (non-hydrogen) atoms. The first-order chi connectivity index (χ1) is 8.56. The van der Waals surface area contributed by atoms with Crippen LogP contribution in [0.3, 0.4) is 0 Å². The summed E-state index contributed by atoms with van der Waals surface area (Å²) in [7, 11) is -3.46. The highest BCUT2D eigenvalue weighted by Crippen LogP contribution is 2.33. The molecular formula is C13H14FNO2S. The molecule has 0 unspecified atom stereocenters. The molecule has 1 aliphatic heterocycles. The molecule has 2 aliphatic rings. The summed E-state index contributed by atoms with van der Waals surface area (Å²) in [4.78, 5) is 0.0907. The zero-order valence-corrected chi connectivity index (χ0v) is 10.6. The van der Waals surface area contributed by atoms with Crippen LogP contribution in [0.4, 0.5) is 4.39 Å². The summed E-state index contributed by atoms with van der Waals surface area (Å²) >= 11 is 0. The number of rotatable bonds is 3. The van der Waals surface area contributed by atoms with Crippen molar-refractivity contribution in [3.63, 3.8) is 0 Å². The maximum Gasteiger partial charge on any atom is 0.200 e. The number of nitrogens with one attached hydrogen (secondary N) is 1. The van der Waals surface area contributed by atoms with Gasteiger partial charge in [0.05, 0.1) is 4.90 Å². The maximum atomic E-state index is 13.1. The molecule has 1 N–H and O–H groups in total. The van der Waals surface area contributed by atoms with Crippen LogP contribution >= 0.6 is 0 Å². The molecule has 1 aromatic carbocycles. The van der Waals surface area contributed by atoms with E-state index in [1.54, 1.807) is 6.07 Å². The van der Waals surface area contributed by atoms with Gasteiger partial charge in [-0.2, -0.15) is 0 Å². The second kappa shape index (κ2) is 4.17. The maximum absolute atomic E-state index is 13.1. The predicted octanol–water partition coefficient (Wildman–Crippen LogP) is 2.10. The Morgan fingerprint density at radius 3 is 2.78 bits per heavy atom. The zero-order valence-electron chi connectivity index (χ0n) is 9.82. The lowest BCUT2D eigenvalue weighted by Crippen LogP contribution is -2.35. The summed E-state index contributed by atoms with van der Waals surface area (Å²) in [6.45, 7) is 0.530. The number of fused-ring (bicyclic) bond motifs is 1. The fraction of sp³-hybridized carbons (Fsp3) is 0.385. The van der Waals surface area contributed by atoms with Crippen LogP contribution < -0.4 is 5.32 Å². The quantitative estimate of drug-likeness (QED) is 0.912. The summed E-state index contributed by atoms with van der Waals surface area (Å²) in [5, 5.41) is 4.58. The third-order valence-corrected chi connectivity index (χ3v) is 5.13. The smallest absolute Gasteiger partial charge is 0.200 e. The van der Waals surface area contributed by atoms with E-state index >= 15 is 0 Å². The number of hydrogen-bond donors (Lipinski definition) is 1. The van der Waals surface area contributed by atoms with Gasteiger partial charge < -0.3 is 5.32 Å². The van der Waals surface area contributed by atoms with Crippen LogP contribution in [0, 0.1) is 5.82 Å². The zero-order chi connectivity index (χ0) is 12.8. The van der Waals surface area contributed by atoms with Crippen LogP contribution in [0.15, 0.2) is 28.5 Å². The third-order valence-electron chi connectivity index (χ3n) is 3.58. The Morgan fingerprint density at radius 1 is 1.33 bits per heavy atom. The summed E-state index contributed by atoms with van der Waals surface area (Å²) in [6.07, 6.45) is 3.53. The Bertz CT molecular complexity index is 618. The summed E-state index contributed by atoms with van der Waals surface area (Å²) in [6, 6.07) is 4.44. The molecule has 3 rings (SSSR count). The first-order valence-electron chi connectivity index (χ1n) is 6.05. The molecule has 5 heteroatoms. The van der Waals surface area contributed by atoms with Crippen molar-refractivity contribution in [3.8, 4) is 0 Å². The van der Waals surface area contributed by atoms with E-state index in [9.17, 15) is 12.8 Å². The largest absolute Gasteiger partial charge is 0.310 e. The van der Waals surface area contributed by atoms with Gasteiger partial charge in [0.2, 0.25) is 9.84 Å². The van der Waals surface area contributed by atoms with E-state index < -0.39 is 15.7 Å². The molecule has 0 aromatic heterocycles. The van der Waals surface area contributed by atoms with Gasteiger partial charge in [-0.3, -0.25) is 0 Å².